The van der Waals surface area contributed by atoms with Gasteiger partial charge in [-0.25, -0.2) is 4.79 Å². The number of esters is 1. The number of hydrogen-bond donors (Lipinski definition) is 0. The minimum Gasteiger partial charge on any atom is -0.455 e. The average Bonchev–Trinajstić information content (AvgIpc) is 2.79. The van der Waals surface area contributed by atoms with Gasteiger partial charge in [-0.3, -0.25) is 0 Å². The Bertz CT molecular complexity index is 1140. The van der Waals surface area contributed by atoms with Crippen LogP contribution in [0.3, 0.4) is 0 Å². The number of fused-ring (bicyclic) bond motifs is 1. The second kappa shape index (κ2) is 6.33. The van der Waals surface area contributed by atoms with E-state index in [4.69, 9.17) is 4.74 Å². The van der Waals surface area contributed by atoms with Gasteiger partial charge < -0.3 is 4.74 Å². The van der Waals surface area contributed by atoms with E-state index in [1.165, 1.54) is 0 Å². The van der Waals surface area contributed by atoms with Crippen LogP contribution in [-0.2, 0) is 4.74 Å². The van der Waals surface area contributed by atoms with Crippen LogP contribution >= 0.6 is 0 Å². The molecular weight excluding hydrogens is 360 g/mol. The van der Waals surface area contributed by atoms with Crippen LogP contribution in [0.1, 0.15) is 44.4 Å². The Morgan fingerprint density at radius 3 is 1.76 bits per heavy atom. The van der Waals surface area contributed by atoms with Crippen molar-refractivity contribution < 1.29 is 9.53 Å². The lowest BCUT2D eigenvalue weighted by molar-refractivity contribution is -0.00723. The van der Waals surface area contributed by atoms with Crippen molar-refractivity contribution in [2.24, 2.45) is 5.41 Å². The predicted octanol–water partition coefficient (Wildman–Crippen LogP) is 4.54. The first-order valence-corrected chi connectivity index (χ1v) is 9.47. The monoisotopic (exact) mass is 376 g/mol. The molecule has 4 heteroatoms. The van der Waals surface area contributed by atoms with Crippen molar-refractivity contribution in [2.45, 2.75) is 17.9 Å². The fourth-order valence-corrected chi connectivity index (χ4v) is 4.89. The summed E-state index contributed by atoms with van der Waals surface area (Å²) in [7, 11) is 0. The van der Waals surface area contributed by atoms with Crippen LogP contribution in [0.2, 0.25) is 0 Å². The highest BCUT2D eigenvalue weighted by Crippen LogP contribution is 2.61. The molecule has 3 aromatic carbocycles. The van der Waals surface area contributed by atoms with Crippen LogP contribution in [-0.4, -0.2) is 12.1 Å². The number of ether oxygens (including phenoxy) is 1. The SMILES string of the molecule is N#CC1(C#N)C2c3ccccc3C(c3ccccc32)C1OC(=O)c1ccccc1. The molecule has 1 atom stereocenters. The second-order valence-corrected chi connectivity index (χ2v) is 7.45. The maximum Gasteiger partial charge on any atom is 0.338 e. The maximum absolute atomic E-state index is 12.9. The molecule has 0 fully saturated rings. The quantitative estimate of drug-likeness (QED) is 0.616. The van der Waals surface area contributed by atoms with Gasteiger partial charge in [-0.15, -0.1) is 0 Å². The van der Waals surface area contributed by atoms with Crippen molar-refractivity contribution >= 4 is 5.97 Å². The number of carbonyl (C=O) groups excluding carboxylic acids is 1. The van der Waals surface area contributed by atoms with E-state index in [0.29, 0.717) is 5.56 Å². The lowest BCUT2D eigenvalue weighted by Gasteiger charge is -2.51. The molecule has 1 unspecified atom stereocenters. The van der Waals surface area contributed by atoms with Gasteiger partial charge in [-0.1, -0.05) is 66.7 Å². The maximum atomic E-state index is 12.9. The van der Waals surface area contributed by atoms with E-state index >= 15 is 0 Å². The minimum absolute atomic E-state index is 0.362. The molecule has 138 valence electrons. The number of nitrogens with zero attached hydrogens (tertiary/aromatic N) is 2. The van der Waals surface area contributed by atoms with E-state index < -0.39 is 23.4 Å². The van der Waals surface area contributed by atoms with Gasteiger partial charge in [0.05, 0.1) is 17.7 Å². The lowest BCUT2D eigenvalue weighted by atomic mass is 9.51. The van der Waals surface area contributed by atoms with E-state index in [0.717, 1.165) is 22.3 Å². The van der Waals surface area contributed by atoms with E-state index in [9.17, 15) is 15.3 Å². The highest BCUT2D eigenvalue weighted by atomic mass is 16.5. The number of hydrogen-bond acceptors (Lipinski definition) is 4. The third-order valence-electron chi connectivity index (χ3n) is 6.10. The minimum atomic E-state index is -1.49. The average molecular weight is 376 g/mol. The highest BCUT2D eigenvalue weighted by Gasteiger charge is 2.62. The molecule has 0 N–H and O–H groups in total. The highest BCUT2D eigenvalue weighted by molar-refractivity contribution is 5.89. The molecule has 0 aromatic heterocycles. The first kappa shape index (κ1) is 17.2. The van der Waals surface area contributed by atoms with E-state index in [-0.39, 0.29) is 5.92 Å². The summed E-state index contributed by atoms with van der Waals surface area (Å²) < 4.78 is 5.94. The number of rotatable bonds is 2. The number of nitriles is 2. The molecule has 3 aliphatic rings. The van der Waals surface area contributed by atoms with Crippen molar-refractivity contribution in [1.29, 1.82) is 10.5 Å². The van der Waals surface area contributed by atoms with Crippen molar-refractivity contribution in [3.63, 3.8) is 0 Å². The Balaban J connectivity index is 1.72. The van der Waals surface area contributed by atoms with Gasteiger partial charge in [-0.2, -0.15) is 10.5 Å². The van der Waals surface area contributed by atoms with E-state index in [1.54, 1.807) is 24.3 Å². The fourth-order valence-electron chi connectivity index (χ4n) is 4.89. The summed E-state index contributed by atoms with van der Waals surface area (Å²) >= 11 is 0. The predicted molar refractivity (Wildman–Crippen MR) is 106 cm³/mol. The van der Waals surface area contributed by atoms with Crippen LogP contribution in [0.15, 0.2) is 78.9 Å². The molecule has 2 bridgehead atoms. The van der Waals surface area contributed by atoms with Gasteiger partial charge in [0.1, 0.15) is 6.10 Å². The molecule has 0 aliphatic heterocycles. The van der Waals surface area contributed by atoms with E-state index in [2.05, 4.69) is 12.1 Å². The first-order chi connectivity index (χ1) is 14.2. The molecule has 4 nitrogen and oxygen atoms in total. The Hall–Kier alpha value is -3.89. The first-order valence-electron chi connectivity index (χ1n) is 9.47. The molecule has 0 amide bonds. The zero-order valence-electron chi connectivity index (χ0n) is 15.4. The normalized spacial score (nSPS) is 22.5. The summed E-state index contributed by atoms with van der Waals surface area (Å²) in [4.78, 5) is 12.9. The largest absolute Gasteiger partial charge is 0.455 e. The molecule has 0 saturated carbocycles. The Morgan fingerprint density at radius 2 is 1.24 bits per heavy atom. The van der Waals surface area contributed by atoms with Crippen molar-refractivity contribution in [2.75, 3.05) is 0 Å². The smallest absolute Gasteiger partial charge is 0.338 e. The number of benzene rings is 3. The molecule has 0 saturated heterocycles. The topological polar surface area (TPSA) is 73.9 Å². The summed E-state index contributed by atoms with van der Waals surface area (Å²) in [5.41, 5.74) is 2.88. The van der Waals surface area contributed by atoms with Gasteiger partial charge in [-0.05, 0) is 34.4 Å². The molecule has 29 heavy (non-hydrogen) atoms. The zero-order chi connectivity index (χ0) is 20.0. The third-order valence-corrected chi connectivity index (χ3v) is 6.10. The van der Waals surface area contributed by atoms with Crippen LogP contribution in [0.5, 0.6) is 0 Å². The molecule has 0 radical (unpaired) electrons. The Kier molecular flexibility index (Phi) is 3.76. The third kappa shape index (κ3) is 2.27. The van der Waals surface area contributed by atoms with Gasteiger partial charge in [0.25, 0.3) is 0 Å². The Labute approximate surface area is 168 Å². The summed E-state index contributed by atoms with van der Waals surface area (Å²) in [5, 5.41) is 20.4. The number of carbonyl (C=O) groups is 1. The second-order valence-electron chi connectivity index (χ2n) is 7.45. The van der Waals surface area contributed by atoms with Crippen LogP contribution in [0.25, 0.3) is 0 Å². The van der Waals surface area contributed by atoms with Gasteiger partial charge in [0, 0.05) is 11.8 Å². The van der Waals surface area contributed by atoms with Crippen molar-refractivity contribution in [1.82, 2.24) is 0 Å². The summed E-state index contributed by atoms with van der Waals surface area (Å²) in [6.07, 6.45) is -0.889. The molecule has 0 spiro atoms. The molecule has 0 heterocycles. The summed E-state index contributed by atoms with van der Waals surface area (Å²) in [6, 6.07) is 28.9. The standard InChI is InChI=1S/C25H16N2O2/c26-14-25(15-27)22-19-12-6-4-10-17(19)21(18-11-5-7-13-20(18)22)23(25)29-24(28)16-8-2-1-3-9-16/h1-13,21-23H. The van der Waals surface area contributed by atoms with Gasteiger partial charge >= 0.3 is 5.97 Å². The fraction of sp³-hybridized carbons (Fsp3) is 0.160. The Morgan fingerprint density at radius 1 is 0.759 bits per heavy atom. The van der Waals surface area contributed by atoms with Gasteiger partial charge in [0.15, 0.2) is 5.41 Å². The van der Waals surface area contributed by atoms with E-state index in [1.807, 2.05) is 54.6 Å². The molecule has 6 rings (SSSR count). The molecule has 3 aromatic rings. The zero-order valence-corrected chi connectivity index (χ0v) is 15.4. The lowest BCUT2D eigenvalue weighted by Crippen LogP contribution is -2.53. The molecule has 3 aliphatic carbocycles. The van der Waals surface area contributed by atoms with Crippen LogP contribution < -0.4 is 0 Å². The summed E-state index contributed by atoms with van der Waals surface area (Å²) in [6.45, 7) is 0. The van der Waals surface area contributed by atoms with Crippen molar-refractivity contribution in [3.05, 3.63) is 107 Å². The van der Waals surface area contributed by atoms with Gasteiger partial charge in [0.2, 0.25) is 0 Å². The van der Waals surface area contributed by atoms with Crippen LogP contribution in [0.4, 0.5) is 0 Å². The summed E-state index contributed by atoms with van der Waals surface area (Å²) in [5.74, 6) is -1.35. The van der Waals surface area contributed by atoms with Crippen LogP contribution in [0, 0.1) is 28.1 Å². The molecular formula is C25H16N2O2. The van der Waals surface area contributed by atoms with Crippen molar-refractivity contribution in [3.8, 4) is 12.1 Å².